The zero-order valence-corrected chi connectivity index (χ0v) is 20.0. The number of aryl methyl sites for hydroxylation is 1. The van der Waals surface area contributed by atoms with E-state index < -0.39 is 0 Å². The van der Waals surface area contributed by atoms with E-state index in [-0.39, 0.29) is 23.1 Å². The summed E-state index contributed by atoms with van der Waals surface area (Å²) in [6.45, 7) is 4.31. The van der Waals surface area contributed by atoms with Crippen LogP contribution in [0.25, 0.3) is 10.9 Å². The zero-order valence-electron chi connectivity index (χ0n) is 20.0. The van der Waals surface area contributed by atoms with Gasteiger partial charge in [0, 0.05) is 81.5 Å². The number of hydrogen-bond donors (Lipinski definition) is 2. The molecule has 178 valence electrons. The summed E-state index contributed by atoms with van der Waals surface area (Å²) >= 11 is 0. The van der Waals surface area contributed by atoms with Crippen molar-refractivity contribution in [1.82, 2.24) is 24.8 Å². The molecule has 0 spiro atoms. The van der Waals surface area contributed by atoms with Gasteiger partial charge in [0.2, 0.25) is 0 Å². The molecule has 3 aromatic rings. The topological polar surface area (TPSA) is 86.3 Å². The lowest BCUT2D eigenvalue weighted by Gasteiger charge is -2.42. The molecule has 0 aliphatic carbocycles. The van der Waals surface area contributed by atoms with E-state index >= 15 is 0 Å². The monoisotopic (exact) mass is 460 g/mol. The Morgan fingerprint density at radius 1 is 1.32 bits per heavy atom. The molecule has 4 rings (SSSR count). The predicted octanol–water partition coefficient (Wildman–Crippen LogP) is 2.05. The number of H-pyrrole nitrogens is 1. The number of aromatic amines is 1. The minimum atomic E-state index is -0.153. The molecule has 0 amide bonds. The normalized spacial score (nSPS) is 16.8. The first-order valence-corrected chi connectivity index (χ1v) is 11.7. The standard InChI is InChI=1S/C26H32N6O2/c1-19(8-6-12-27-2)32(16-20-15-30(3)23-11-5-4-10-22(23)26(20)34)21-9-7-13-31(17-21)24-14-25(33)29-18-28-24/h4-5,10-11,14-15,18-19,21,27H,7-9,13,16-17H2,1-3H3,(H,28,29,33)/t19?,21-/m0/s1. The summed E-state index contributed by atoms with van der Waals surface area (Å²) < 4.78 is 2.03. The van der Waals surface area contributed by atoms with Crippen molar-refractivity contribution in [3.63, 3.8) is 0 Å². The molecule has 1 aliphatic rings. The number of aromatic nitrogens is 3. The fourth-order valence-electron chi connectivity index (χ4n) is 4.83. The van der Waals surface area contributed by atoms with E-state index in [4.69, 9.17) is 0 Å². The van der Waals surface area contributed by atoms with Gasteiger partial charge in [-0.2, -0.15) is 0 Å². The minimum absolute atomic E-state index is 0.0798. The second-order valence-electron chi connectivity index (χ2n) is 8.90. The highest BCUT2D eigenvalue weighted by molar-refractivity contribution is 5.79. The number of fused-ring (bicyclic) bond motifs is 1. The molecule has 2 aromatic heterocycles. The van der Waals surface area contributed by atoms with Gasteiger partial charge in [0.05, 0.1) is 11.8 Å². The van der Waals surface area contributed by atoms with Gasteiger partial charge < -0.3 is 19.8 Å². The molecule has 1 unspecified atom stereocenters. The van der Waals surface area contributed by atoms with E-state index in [2.05, 4.69) is 44.0 Å². The quantitative estimate of drug-likeness (QED) is 0.433. The molecule has 1 aliphatic heterocycles. The van der Waals surface area contributed by atoms with E-state index in [1.807, 2.05) is 49.1 Å². The van der Waals surface area contributed by atoms with Crippen molar-refractivity contribution < 1.29 is 0 Å². The third kappa shape index (κ3) is 5.15. The van der Waals surface area contributed by atoms with E-state index in [9.17, 15) is 9.59 Å². The summed E-state index contributed by atoms with van der Waals surface area (Å²) in [7, 11) is 3.79. The highest BCUT2D eigenvalue weighted by Gasteiger charge is 2.30. The lowest BCUT2D eigenvalue weighted by molar-refractivity contribution is 0.120. The molecule has 2 N–H and O–H groups in total. The van der Waals surface area contributed by atoms with Gasteiger partial charge in [-0.05, 0) is 31.9 Å². The number of hydrogen-bond acceptors (Lipinski definition) is 6. The Bertz CT molecular complexity index is 1320. The van der Waals surface area contributed by atoms with Gasteiger partial charge in [-0.3, -0.25) is 14.5 Å². The fraction of sp³-hybridized carbons (Fsp3) is 0.423. The number of nitrogens with zero attached hydrogens (tertiary/aromatic N) is 4. The maximum absolute atomic E-state index is 13.4. The summed E-state index contributed by atoms with van der Waals surface area (Å²) in [5.74, 6) is 3.88. The number of rotatable bonds is 6. The molecule has 8 heteroatoms. The fourth-order valence-corrected chi connectivity index (χ4v) is 4.83. The minimum Gasteiger partial charge on any atom is -0.355 e. The van der Waals surface area contributed by atoms with Crippen molar-refractivity contribution >= 4 is 16.7 Å². The predicted molar refractivity (Wildman–Crippen MR) is 136 cm³/mol. The summed E-state index contributed by atoms with van der Waals surface area (Å²) in [6, 6.07) is 12.6. The third-order valence-corrected chi connectivity index (χ3v) is 6.55. The van der Waals surface area contributed by atoms with E-state index in [0.29, 0.717) is 18.8 Å². The molecule has 34 heavy (non-hydrogen) atoms. The average Bonchev–Trinajstić information content (AvgIpc) is 2.85. The molecule has 1 saturated heterocycles. The molecular formula is C26H32N6O2. The van der Waals surface area contributed by atoms with Crippen molar-refractivity contribution in [1.29, 1.82) is 0 Å². The van der Waals surface area contributed by atoms with Crippen LogP contribution in [-0.4, -0.2) is 51.7 Å². The van der Waals surface area contributed by atoms with Gasteiger partial charge in [0.25, 0.3) is 5.56 Å². The molecule has 1 aromatic carbocycles. The van der Waals surface area contributed by atoms with Crippen LogP contribution in [0.2, 0.25) is 0 Å². The Balaban J connectivity index is 1.66. The van der Waals surface area contributed by atoms with Gasteiger partial charge in [-0.1, -0.05) is 18.1 Å². The van der Waals surface area contributed by atoms with Crippen LogP contribution in [0, 0.1) is 12.0 Å². The SMILES string of the molecule is CNC#CCC(C)N(Cc1cn(C)c2ccccc2c1=O)[C@H]1CCCN(c2cc(=O)[nH]cn2)C1. The molecule has 0 radical (unpaired) electrons. The summed E-state index contributed by atoms with van der Waals surface area (Å²) in [6.07, 6.45) is 6.10. The van der Waals surface area contributed by atoms with Crippen molar-refractivity contribution in [3.8, 4) is 12.0 Å². The van der Waals surface area contributed by atoms with Crippen LogP contribution in [0.4, 0.5) is 5.82 Å². The Morgan fingerprint density at radius 2 is 2.15 bits per heavy atom. The van der Waals surface area contributed by atoms with Gasteiger partial charge >= 0.3 is 0 Å². The average molecular weight is 461 g/mol. The Morgan fingerprint density at radius 3 is 2.94 bits per heavy atom. The zero-order chi connectivity index (χ0) is 24.1. The number of pyridine rings is 1. The van der Waals surface area contributed by atoms with E-state index in [1.54, 1.807) is 6.07 Å². The molecule has 0 saturated carbocycles. The Hall–Kier alpha value is -3.57. The first-order valence-electron chi connectivity index (χ1n) is 11.7. The van der Waals surface area contributed by atoms with Crippen LogP contribution in [0.3, 0.4) is 0 Å². The van der Waals surface area contributed by atoms with Gasteiger partial charge in [-0.15, -0.1) is 0 Å². The lowest BCUT2D eigenvalue weighted by Crippen LogP contribution is -2.51. The number of anilines is 1. The maximum Gasteiger partial charge on any atom is 0.252 e. The van der Waals surface area contributed by atoms with Gasteiger partial charge in [-0.25, -0.2) is 4.98 Å². The summed E-state index contributed by atoms with van der Waals surface area (Å²) in [4.78, 5) is 36.7. The first kappa shape index (κ1) is 23.6. The molecule has 1 fully saturated rings. The largest absolute Gasteiger partial charge is 0.355 e. The maximum atomic E-state index is 13.4. The second kappa shape index (κ2) is 10.6. The van der Waals surface area contributed by atoms with Crippen molar-refractivity contribution in [2.24, 2.45) is 7.05 Å². The van der Waals surface area contributed by atoms with Gasteiger partial charge in [0.15, 0.2) is 5.43 Å². The highest BCUT2D eigenvalue weighted by Crippen LogP contribution is 2.24. The number of nitrogens with one attached hydrogen (secondary N) is 2. The Kier molecular flexibility index (Phi) is 7.33. The van der Waals surface area contributed by atoms with Crippen LogP contribution in [0.15, 0.2) is 52.4 Å². The number of benzene rings is 1. The van der Waals surface area contributed by atoms with Crippen LogP contribution in [0.5, 0.6) is 0 Å². The smallest absolute Gasteiger partial charge is 0.252 e. The van der Waals surface area contributed by atoms with Crippen LogP contribution in [0.1, 0.15) is 31.7 Å². The number of para-hydroxylation sites is 1. The second-order valence-corrected chi connectivity index (χ2v) is 8.90. The molecule has 2 atom stereocenters. The van der Waals surface area contributed by atoms with E-state index in [0.717, 1.165) is 42.4 Å². The molecule has 0 bridgehead atoms. The van der Waals surface area contributed by atoms with Crippen molar-refractivity contribution in [2.45, 2.75) is 44.8 Å². The van der Waals surface area contributed by atoms with Crippen LogP contribution >= 0.6 is 0 Å². The lowest BCUT2D eigenvalue weighted by atomic mass is 10.00. The van der Waals surface area contributed by atoms with Crippen LogP contribution in [-0.2, 0) is 13.6 Å². The number of piperidine rings is 1. The summed E-state index contributed by atoms with van der Waals surface area (Å²) in [5, 5.41) is 3.62. The third-order valence-electron chi connectivity index (χ3n) is 6.55. The Labute approximate surface area is 199 Å². The van der Waals surface area contributed by atoms with Crippen LogP contribution < -0.4 is 21.2 Å². The summed E-state index contributed by atoms with van der Waals surface area (Å²) in [5.41, 5.74) is 1.64. The molecule has 3 heterocycles. The van der Waals surface area contributed by atoms with Gasteiger partial charge in [0.1, 0.15) is 5.82 Å². The first-order chi connectivity index (χ1) is 16.5. The molecular weight excluding hydrogens is 428 g/mol. The van der Waals surface area contributed by atoms with Crippen molar-refractivity contribution in [2.75, 3.05) is 25.0 Å². The van der Waals surface area contributed by atoms with Crippen molar-refractivity contribution in [3.05, 3.63) is 69.0 Å². The molecule has 8 nitrogen and oxygen atoms in total. The highest BCUT2D eigenvalue weighted by atomic mass is 16.1. The van der Waals surface area contributed by atoms with E-state index in [1.165, 1.54) is 6.33 Å².